The summed E-state index contributed by atoms with van der Waals surface area (Å²) in [6.07, 6.45) is 1.43. The van der Waals surface area contributed by atoms with Crippen molar-refractivity contribution in [1.82, 2.24) is 5.43 Å². The molecule has 4 aromatic rings. The van der Waals surface area contributed by atoms with Crippen LogP contribution in [0, 0.1) is 27.8 Å². The molecule has 0 spiro atoms. The molecule has 4 aromatic carbocycles. The van der Waals surface area contributed by atoms with Crippen LogP contribution in [-0.2, 0) is 15.0 Å². The number of rotatable bonds is 5. The lowest BCUT2D eigenvalue weighted by molar-refractivity contribution is -0.384. The first-order valence-electron chi connectivity index (χ1n) is 13.4. The normalized spacial score (nSPS) is 23.2. The van der Waals surface area contributed by atoms with E-state index >= 15 is 0 Å². The number of nitro benzene ring substituents is 1. The van der Waals surface area contributed by atoms with Crippen LogP contribution in [0.4, 0.5) is 15.8 Å². The summed E-state index contributed by atoms with van der Waals surface area (Å²) < 4.78 is 13.7. The second-order valence-electron chi connectivity index (χ2n) is 10.7. The number of aromatic hydroxyl groups is 1. The van der Waals surface area contributed by atoms with E-state index in [9.17, 15) is 34.0 Å². The first kappa shape index (κ1) is 26.2. The number of hydrogen-bond donors (Lipinski definition) is 2. The second-order valence-corrected chi connectivity index (χ2v) is 10.7. The van der Waals surface area contributed by atoms with E-state index in [-0.39, 0.29) is 11.3 Å². The van der Waals surface area contributed by atoms with E-state index in [0.717, 1.165) is 45.4 Å². The Morgan fingerprint density at radius 3 is 2.21 bits per heavy atom. The van der Waals surface area contributed by atoms with Crippen LogP contribution in [0.1, 0.15) is 38.5 Å². The lowest BCUT2D eigenvalue weighted by Crippen LogP contribution is -2.54. The van der Waals surface area contributed by atoms with Crippen LogP contribution in [0.15, 0.2) is 96.1 Å². The Labute approximate surface area is 243 Å². The summed E-state index contributed by atoms with van der Waals surface area (Å²) in [7, 11) is 0. The van der Waals surface area contributed by atoms with Gasteiger partial charge in [-0.25, -0.2) is 14.7 Å². The van der Waals surface area contributed by atoms with E-state index in [1.807, 2.05) is 48.5 Å². The number of halogens is 1. The molecule has 0 aromatic heterocycles. The van der Waals surface area contributed by atoms with Gasteiger partial charge >= 0.3 is 0 Å². The summed E-state index contributed by atoms with van der Waals surface area (Å²) in [5.41, 5.74) is 3.75. The monoisotopic (exact) mass is 576 g/mol. The summed E-state index contributed by atoms with van der Waals surface area (Å²) in [4.78, 5) is 53.0. The van der Waals surface area contributed by atoms with E-state index in [0.29, 0.717) is 0 Å². The number of hydrogen-bond acceptors (Lipinski definition) is 7. The number of amides is 3. The van der Waals surface area contributed by atoms with Crippen LogP contribution < -0.4 is 10.3 Å². The predicted octanol–water partition coefficient (Wildman–Crippen LogP) is 4.41. The van der Waals surface area contributed by atoms with Crippen LogP contribution >= 0.6 is 0 Å². The number of hydrazone groups is 1. The third-order valence-corrected chi connectivity index (χ3v) is 8.64. The molecule has 1 fully saturated rings. The maximum absolute atomic E-state index is 14.3. The molecular formula is C32H21FN4O6. The van der Waals surface area contributed by atoms with Crippen molar-refractivity contribution >= 4 is 35.3 Å². The van der Waals surface area contributed by atoms with Gasteiger partial charge in [-0.1, -0.05) is 48.5 Å². The molecule has 1 aliphatic heterocycles. The zero-order valence-electron chi connectivity index (χ0n) is 22.2. The summed E-state index contributed by atoms with van der Waals surface area (Å²) >= 11 is 0. The number of carbonyl (C=O) groups is 3. The van der Waals surface area contributed by atoms with E-state index in [2.05, 4.69) is 10.5 Å². The summed E-state index contributed by atoms with van der Waals surface area (Å²) in [6.45, 7) is 0. The molecule has 0 radical (unpaired) electrons. The fourth-order valence-corrected chi connectivity index (χ4v) is 6.97. The highest BCUT2D eigenvalue weighted by molar-refractivity contribution is 6.25. The Bertz CT molecular complexity index is 1860. The minimum atomic E-state index is -1.29. The minimum Gasteiger partial charge on any atom is -0.507 e. The number of phenols is 1. The van der Waals surface area contributed by atoms with Crippen LogP contribution in [0.3, 0.4) is 0 Å². The molecule has 3 amide bonds. The fourth-order valence-electron chi connectivity index (χ4n) is 6.97. The molecular weight excluding hydrogens is 555 g/mol. The molecule has 2 N–H and O–H groups in total. The Morgan fingerprint density at radius 2 is 1.58 bits per heavy atom. The van der Waals surface area contributed by atoms with Crippen LogP contribution in [0.2, 0.25) is 0 Å². The molecule has 43 heavy (non-hydrogen) atoms. The highest BCUT2D eigenvalue weighted by atomic mass is 19.1. The zero-order valence-corrected chi connectivity index (χ0v) is 22.2. The first-order valence-corrected chi connectivity index (χ1v) is 13.4. The molecule has 10 nitrogen and oxygen atoms in total. The Kier molecular flexibility index (Phi) is 5.74. The summed E-state index contributed by atoms with van der Waals surface area (Å²) in [5.74, 6) is -4.95. The maximum Gasteiger partial charge on any atom is 0.275 e. The van der Waals surface area contributed by atoms with E-state index in [4.69, 9.17) is 0 Å². The van der Waals surface area contributed by atoms with Crippen molar-refractivity contribution in [3.8, 4) is 5.75 Å². The molecule has 2 atom stereocenters. The molecule has 8 rings (SSSR count). The Hall–Kier alpha value is -5.71. The minimum absolute atomic E-state index is 0.250. The number of benzene rings is 4. The topological polar surface area (TPSA) is 142 Å². The molecule has 2 bridgehead atoms. The molecule has 3 aliphatic carbocycles. The van der Waals surface area contributed by atoms with Gasteiger partial charge in [0.25, 0.3) is 11.6 Å². The summed E-state index contributed by atoms with van der Waals surface area (Å²) in [5, 5.41) is 25.7. The smallest absolute Gasteiger partial charge is 0.275 e. The standard InChI is InChI=1S/C32H21FN4O6/c33-17-9-11-18(12-10-17)36-30(40)27-26-20-5-1-3-7-23(20)32(28(27)31(36)41,24-8-4-2-6-21(24)26)16-34-35-29(39)22-15-19(37(42)43)13-14-25(22)38/h1-16,26-28,38H,(H,35,39)/b34-16-/t26?,27-,28+,32?/m0/s1. The highest BCUT2D eigenvalue weighted by Gasteiger charge is 2.68. The lowest BCUT2D eigenvalue weighted by Gasteiger charge is -2.52. The molecule has 1 heterocycles. The number of phenolic OH excluding ortho intramolecular Hbond substituents is 1. The Morgan fingerprint density at radius 1 is 0.953 bits per heavy atom. The van der Waals surface area contributed by atoms with Crippen molar-refractivity contribution in [3.05, 3.63) is 135 Å². The Balaban J connectivity index is 1.37. The number of nitro groups is 1. The number of non-ortho nitro benzene ring substituents is 1. The van der Waals surface area contributed by atoms with Crippen molar-refractivity contribution in [2.24, 2.45) is 16.9 Å². The van der Waals surface area contributed by atoms with Gasteiger partial charge in [0.05, 0.1) is 33.4 Å². The van der Waals surface area contributed by atoms with Gasteiger partial charge in [0.15, 0.2) is 0 Å². The van der Waals surface area contributed by atoms with Crippen molar-refractivity contribution < 1.29 is 28.8 Å². The van der Waals surface area contributed by atoms with Gasteiger partial charge in [-0.2, -0.15) is 5.10 Å². The quantitative estimate of drug-likeness (QED) is 0.156. The molecule has 0 unspecified atom stereocenters. The van der Waals surface area contributed by atoms with Crippen LogP contribution in [0.5, 0.6) is 5.75 Å². The third kappa shape index (κ3) is 3.64. The second kappa shape index (κ2) is 9.41. The SMILES string of the molecule is O=C(N/N=C\C12c3ccccc3C(c3ccccc31)[C@@H]1C(=O)N(c3ccc(F)cc3)C(=O)[C@@H]12)c1cc([N+](=O)[O-])ccc1O. The number of imide groups is 1. The lowest BCUT2D eigenvalue weighted by atomic mass is 9.47. The van der Waals surface area contributed by atoms with Gasteiger partial charge < -0.3 is 5.11 Å². The maximum atomic E-state index is 14.3. The van der Waals surface area contributed by atoms with Gasteiger partial charge in [-0.15, -0.1) is 0 Å². The fraction of sp³-hybridized carbons (Fsp3) is 0.125. The highest BCUT2D eigenvalue weighted by Crippen LogP contribution is 2.63. The van der Waals surface area contributed by atoms with E-state index < -0.39 is 63.1 Å². The largest absolute Gasteiger partial charge is 0.507 e. The number of nitrogens with one attached hydrogen (secondary N) is 1. The first-order chi connectivity index (χ1) is 20.7. The molecule has 0 saturated carbocycles. The van der Waals surface area contributed by atoms with Gasteiger partial charge in [-0.3, -0.25) is 24.5 Å². The van der Waals surface area contributed by atoms with Crippen molar-refractivity contribution in [1.29, 1.82) is 0 Å². The molecule has 212 valence electrons. The van der Waals surface area contributed by atoms with Crippen molar-refractivity contribution in [2.75, 3.05) is 4.90 Å². The zero-order chi connectivity index (χ0) is 30.0. The van der Waals surface area contributed by atoms with Gasteiger partial charge in [-0.05, 0) is 52.6 Å². The van der Waals surface area contributed by atoms with Gasteiger partial charge in [0, 0.05) is 24.3 Å². The number of carbonyl (C=O) groups excluding carboxylic acids is 3. The molecule has 4 aliphatic rings. The predicted molar refractivity (Wildman–Crippen MR) is 152 cm³/mol. The molecule has 11 heteroatoms. The summed E-state index contributed by atoms with van der Waals surface area (Å²) in [6, 6.07) is 23.1. The van der Waals surface area contributed by atoms with Crippen LogP contribution in [0.25, 0.3) is 0 Å². The third-order valence-electron chi connectivity index (χ3n) is 8.64. The van der Waals surface area contributed by atoms with Crippen LogP contribution in [-0.4, -0.2) is 34.0 Å². The van der Waals surface area contributed by atoms with Gasteiger partial charge in [0.2, 0.25) is 11.8 Å². The van der Waals surface area contributed by atoms with Crippen molar-refractivity contribution in [3.63, 3.8) is 0 Å². The average Bonchev–Trinajstić information content (AvgIpc) is 3.28. The van der Waals surface area contributed by atoms with E-state index in [1.54, 1.807) is 0 Å². The number of nitrogens with zero attached hydrogens (tertiary/aromatic N) is 3. The number of anilines is 1. The van der Waals surface area contributed by atoms with E-state index in [1.165, 1.54) is 30.5 Å². The van der Waals surface area contributed by atoms with Gasteiger partial charge in [0.1, 0.15) is 11.6 Å². The average molecular weight is 577 g/mol. The van der Waals surface area contributed by atoms with Crippen molar-refractivity contribution in [2.45, 2.75) is 11.3 Å². The molecule has 1 saturated heterocycles.